The monoisotopic (exact) mass is 316 g/mol. The van der Waals surface area contributed by atoms with E-state index >= 15 is 0 Å². The highest BCUT2D eigenvalue weighted by molar-refractivity contribution is 5.26. The average Bonchev–Trinajstić information content (AvgIpc) is 2.60. The first kappa shape index (κ1) is 16.5. The van der Waals surface area contributed by atoms with Gasteiger partial charge in [-0.05, 0) is 50.5 Å². The lowest BCUT2D eigenvalue weighted by Gasteiger charge is -2.32. The van der Waals surface area contributed by atoms with Gasteiger partial charge in [0.05, 0.1) is 13.2 Å². The lowest BCUT2D eigenvalue weighted by atomic mass is 9.94. The summed E-state index contributed by atoms with van der Waals surface area (Å²) in [6.45, 7) is 10.6. The molecule has 1 fully saturated rings. The molecule has 1 aromatic rings. The Hall–Kier alpha value is -1.32. The van der Waals surface area contributed by atoms with Crippen molar-refractivity contribution in [2.75, 3.05) is 39.3 Å². The fourth-order valence-electron chi connectivity index (χ4n) is 3.95. The van der Waals surface area contributed by atoms with Gasteiger partial charge < -0.3 is 14.5 Å². The van der Waals surface area contributed by atoms with Crippen LogP contribution < -0.4 is 14.5 Å². The molecular weight excluding hydrogens is 284 g/mol. The minimum absolute atomic E-state index is 0.742. The lowest BCUT2D eigenvalue weighted by Crippen LogP contribution is -3.27. The van der Waals surface area contributed by atoms with E-state index in [0.29, 0.717) is 0 Å². The SMILES string of the molecule is CCOc1ccc(C[NH+]2CC[NH+](CC3CC=CCC3)CC2)cc1. The molecular formula is C20H32N2O+2. The molecule has 0 spiro atoms. The van der Waals surface area contributed by atoms with Crippen molar-refractivity contribution >= 4 is 0 Å². The summed E-state index contributed by atoms with van der Waals surface area (Å²) in [5, 5.41) is 0. The van der Waals surface area contributed by atoms with E-state index in [1.165, 1.54) is 57.5 Å². The Morgan fingerprint density at radius 1 is 1.00 bits per heavy atom. The molecule has 1 heterocycles. The standard InChI is InChI=1S/C20H30N2O/c1-2-23-20-10-8-19(9-11-20)17-22-14-12-21(13-15-22)16-18-6-4-3-5-7-18/h3-4,8-11,18H,2,5-7,12-17H2,1H3/p+2. The lowest BCUT2D eigenvalue weighted by molar-refractivity contribution is -1.02. The fourth-order valence-corrected chi connectivity index (χ4v) is 3.95. The maximum Gasteiger partial charge on any atom is 0.127 e. The first-order valence-corrected chi connectivity index (χ1v) is 9.37. The summed E-state index contributed by atoms with van der Waals surface area (Å²) < 4.78 is 5.52. The quantitative estimate of drug-likeness (QED) is 0.741. The molecule has 0 radical (unpaired) electrons. The number of nitrogens with one attached hydrogen (secondary N) is 2. The summed E-state index contributed by atoms with van der Waals surface area (Å²) in [4.78, 5) is 3.57. The smallest absolute Gasteiger partial charge is 0.127 e. The maximum atomic E-state index is 5.52. The number of benzene rings is 1. The molecule has 1 aromatic carbocycles. The average molecular weight is 316 g/mol. The number of quaternary nitrogens is 2. The highest BCUT2D eigenvalue weighted by Crippen LogP contribution is 2.16. The van der Waals surface area contributed by atoms with Crippen LogP contribution in [0.2, 0.25) is 0 Å². The van der Waals surface area contributed by atoms with E-state index in [-0.39, 0.29) is 0 Å². The van der Waals surface area contributed by atoms with Crippen LogP contribution in [0.25, 0.3) is 0 Å². The number of hydrogen-bond acceptors (Lipinski definition) is 1. The highest BCUT2D eigenvalue weighted by Gasteiger charge is 2.25. The third-order valence-electron chi connectivity index (χ3n) is 5.31. The van der Waals surface area contributed by atoms with Gasteiger partial charge in [0, 0.05) is 11.5 Å². The van der Waals surface area contributed by atoms with Crippen molar-refractivity contribution in [3.05, 3.63) is 42.0 Å². The van der Waals surface area contributed by atoms with Gasteiger partial charge in [-0.25, -0.2) is 0 Å². The molecule has 3 nitrogen and oxygen atoms in total. The second-order valence-corrected chi connectivity index (χ2v) is 7.11. The van der Waals surface area contributed by atoms with Crippen LogP contribution >= 0.6 is 0 Å². The van der Waals surface area contributed by atoms with E-state index in [2.05, 4.69) is 36.4 Å². The van der Waals surface area contributed by atoms with Crippen molar-refractivity contribution in [2.45, 2.75) is 32.7 Å². The van der Waals surface area contributed by atoms with Crippen molar-refractivity contribution in [1.82, 2.24) is 0 Å². The van der Waals surface area contributed by atoms with E-state index in [1.807, 2.05) is 11.8 Å². The van der Waals surface area contributed by atoms with Gasteiger partial charge in [-0.2, -0.15) is 0 Å². The Morgan fingerprint density at radius 3 is 2.39 bits per heavy atom. The zero-order valence-electron chi connectivity index (χ0n) is 14.5. The molecule has 0 aromatic heterocycles. The van der Waals surface area contributed by atoms with E-state index in [4.69, 9.17) is 4.74 Å². The number of piperazine rings is 1. The Kier molecular flexibility index (Phi) is 6.12. The molecule has 2 aliphatic rings. The van der Waals surface area contributed by atoms with Crippen LogP contribution in [0.5, 0.6) is 5.75 Å². The Labute approximate surface area is 140 Å². The predicted molar refractivity (Wildman–Crippen MR) is 94.1 cm³/mol. The van der Waals surface area contributed by atoms with Gasteiger partial charge in [0.1, 0.15) is 38.5 Å². The van der Waals surface area contributed by atoms with Crippen LogP contribution in [0.15, 0.2) is 36.4 Å². The number of ether oxygens (including phenoxy) is 1. The first-order chi connectivity index (χ1) is 11.3. The number of rotatable bonds is 6. The summed E-state index contributed by atoms with van der Waals surface area (Å²) in [5.41, 5.74) is 1.43. The Bertz CT molecular complexity index is 489. The van der Waals surface area contributed by atoms with Crippen LogP contribution in [0.3, 0.4) is 0 Å². The van der Waals surface area contributed by atoms with Crippen LogP contribution in [0.1, 0.15) is 31.7 Å². The largest absolute Gasteiger partial charge is 0.494 e. The van der Waals surface area contributed by atoms with Crippen molar-refractivity contribution in [2.24, 2.45) is 5.92 Å². The van der Waals surface area contributed by atoms with Crippen molar-refractivity contribution < 1.29 is 14.5 Å². The topological polar surface area (TPSA) is 18.1 Å². The zero-order chi connectivity index (χ0) is 15.9. The van der Waals surface area contributed by atoms with Gasteiger partial charge in [0.2, 0.25) is 0 Å². The minimum Gasteiger partial charge on any atom is -0.494 e. The van der Waals surface area contributed by atoms with Crippen LogP contribution in [0, 0.1) is 5.92 Å². The summed E-state index contributed by atoms with van der Waals surface area (Å²) in [6.07, 6.45) is 8.76. The van der Waals surface area contributed by atoms with E-state index in [9.17, 15) is 0 Å². The molecule has 3 rings (SSSR count). The molecule has 2 N–H and O–H groups in total. The molecule has 1 saturated heterocycles. The predicted octanol–water partition coefficient (Wildman–Crippen LogP) is 0.725. The minimum atomic E-state index is 0.742. The van der Waals surface area contributed by atoms with Gasteiger partial charge in [-0.1, -0.05) is 12.2 Å². The Morgan fingerprint density at radius 2 is 1.74 bits per heavy atom. The van der Waals surface area contributed by atoms with Crippen LogP contribution in [-0.4, -0.2) is 39.3 Å². The van der Waals surface area contributed by atoms with Gasteiger partial charge >= 0.3 is 0 Å². The first-order valence-electron chi connectivity index (χ1n) is 9.37. The molecule has 0 saturated carbocycles. The molecule has 0 amide bonds. The highest BCUT2D eigenvalue weighted by atomic mass is 16.5. The molecule has 1 unspecified atom stereocenters. The molecule has 3 heteroatoms. The summed E-state index contributed by atoms with van der Waals surface area (Å²) in [7, 11) is 0. The van der Waals surface area contributed by atoms with Crippen molar-refractivity contribution in [1.29, 1.82) is 0 Å². The molecule has 1 aliphatic carbocycles. The second-order valence-electron chi connectivity index (χ2n) is 7.11. The third kappa shape index (κ3) is 5.08. The van der Waals surface area contributed by atoms with E-state index in [0.717, 1.165) is 24.8 Å². The normalized spacial score (nSPS) is 27.8. The maximum absolute atomic E-state index is 5.52. The van der Waals surface area contributed by atoms with Crippen LogP contribution in [0.4, 0.5) is 0 Å². The van der Waals surface area contributed by atoms with Crippen molar-refractivity contribution in [3.8, 4) is 5.75 Å². The Balaban J connectivity index is 1.41. The van der Waals surface area contributed by atoms with Gasteiger partial charge in [0.15, 0.2) is 0 Å². The van der Waals surface area contributed by atoms with Gasteiger partial charge in [-0.15, -0.1) is 0 Å². The fraction of sp³-hybridized carbons (Fsp3) is 0.600. The van der Waals surface area contributed by atoms with E-state index in [1.54, 1.807) is 4.90 Å². The second kappa shape index (κ2) is 8.51. The third-order valence-corrected chi connectivity index (χ3v) is 5.31. The molecule has 0 bridgehead atoms. The number of hydrogen-bond donors (Lipinski definition) is 2. The molecule has 23 heavy (non-hydrogen) atoms. The number of allylic oxidation sites excluding steroid dienone is 2. The summed E-state index contributed by atoms with van der Waals surface area (Å²) in [6, 6.07) is 8.67. The zero-order valence-corrected chi connectivity index (χ0v) is 14.5. The summed E-state index contributed by atoms with van der Waals surface area (Å²) >= 11 is 0. The van der Waals surface area contributed by atoms with Crippen molar-refractivity contribution in [3.63, 3.8) is 0 Å². The van der Waals surface area contributed by atoms with Gasteiger partial charge in [0.25, 0.3) is 0 Å². The molecule has 126 valence electrons. The molecule has 1 aliphatic heterocycles. The summed E-state index contributed by atoms with van der Waals surface area (Å²) in [5.74, 6) is 1.92. The molecule has 1 atom stereocenters. The van der Waals surface area contributed by atoms with Crippen LogP contribution in [-0.2, 0) is 6.54 Å². The van der Waals surface area contributed by atoms with Gasteiger partial charge in [-0.3, -0.25) is 0 Å². The van der Waals surface area contributed by atoms with E-state index < -0.39 is 0 Å².